The van der Waals surface area contributed by atoms with E-state index in [0.29, 0.717) is 6.54 Å². The van der Waals surface area contributed by atoms with Crippen molar-refractivity contribution in [1.82, 2.24) is 9.97 Å². The van der Waals surface area contributed by atoms with Crippen molar-refractivity contribution in [1.29, 1.82) is 0 Å². The second-order valence-electron chi connectivity index (χ2n) is 5.91. The number of anilines is 3. The van der Waals surface area contributed by atoms with Crippen LogP contribution in [0.5, 0.6) is 0 Å². The van der Waals surface area contributed by atoms with E-state index in [1.165, 1.54) is 18.5 Å². The number of para-hydroxylation sites is 1. The van der Waals surface area contributed by atoms with E-state index >= 15 is 0 Å². The third-order valence-electron chi connectivity index (χ3n) is 3.97. The van der Waals surface area contributed by atoms with Crippen LogP contribution in [0.25, 0.3) is 0 Å². The van der Waals surface area contributed by atoms with E-state index in [-0.39, 0.29) is 23.1 Å². The highest BCUT2D eigenvalue weighted by Crippen LogP contribution is 2.22. The Morgan fingerprint density at radius 2 is 1.70 bits per heavy atom. The average Bonchev–Trinajstić information content (AvgIpc) is 2.66. The van der Waals surface area contributed by atoms with E-state index in [9.17, 15) is 13.6 Å². The van der Waals surface area contributed by atoms with Gasteiger partial charge in [0.1, 0.15) is 17.3 Å². The van der Waals surface area contributed by atoms with Crippen LogP contribution in [0, 0.1) is 18.6 Å². The lowest BCUT2D eigenvalue weighted by Gasteiger charge is -2.21. The fourth-order valence-corrected chi connectivity index (χ4v) is 2.63. The molecule has 0 unspecified atom stereocenters. The van der Waals surface area contributed by atoms with Crippen LogP contribution >= 0.6 is 0 Å². The minimum absolute atomic E-state index is 0.00541. The van der Waals surface area contributed by atoms with E-state index in [4.69, 9.17) is 0 Å². The summed E-state index contributed by atoms with van der Waals surface area (Å²) in [5, 5.41) is 2.49. The second kappa shape index (κ2) is 7.90. The normalized spacial score (nSPS) is 10.5. The number of benzene rings is 2. The summed E-state index contributed by atoms with van der Waals surface area (Å²) in [5.41, 5.74) is 1.75. The number of amides is 1. The molecule has 3 aromatic rings. The fraction of sp³-hybridized carbons (Fsp3) is 0.150. The van der Waals surface area contributed by atoms with Crippen molar-refractivity contribution < 1.29 is 13.6 Å². The quantitative estimate of drug-likeness (QED) is 0.722. The van der Waals surface area contributed by atoms with Crippen LogP contribution in [0.2, 0.25) is 0 Å². The molecule has 1 aromatic heterocycles. The van der Waals surface area contributed by atoms with Gasteiger partial charge in [-0.1, -0.05) is 18.2 Å². The molecule has 0 aliphatic rings. The first kappa shape index (κ1) is 18.4. The van der Waals surface area contributed by atoms with Crippen molar-refractivity contribution in [2.75, 3.05) is 16.8 Å². The zero-order valence-corrected chi connectivity index (χ0v) is 14.9. The summed E-state index contributed by atoms with van der Waals surface area (Å²) < 4.78 is 27.4. The van der Waals surface area contributed by atoms with E-state index < -0.39 is 11.6 Å². The van der Waals surface area contributed by atoms with Gasteiger partial charge in [-0.05, 0) is 43.7 Å². The molecule has 0 fully saturated rings. The van der Waals surface area contributed by atoms with Gasteiger partial charge in [-0.2, -0.15) is 0 Å². The summed E-state index contributed by atoms with van der Waals surface area (Å²) in [4.78, 5) is 22.4. The van der Waals surface area contributed by atoms with Crippen LogP contribution in [0.15, 0.2) is 54.9 Å². The Morgan fingerprint density at radius 3 is 2.30 bits per heavy atom. The molecule has 1 N–H and O–H groups in total. The molecular weight excluding hydrogens is 350 g/mol. The third-order valence-corrected chi connectivity index (χ3v) is 3.97. The minimum atomic E-state index is -0.754. The highest BCUT2D eigenvalue weighted by Gasteiger charge is 2.17. The van der Waals surface area contributed by atoms with Gasteiger partial charge < -0.3 is 10.2 Å². The molecule has 1 amide bonds. The summed E-state index contributed by atoms with van der Waals surface area (Å²) in [6.07, 6.45) is 2.66. The van der Waals surface area contributed by atoms with E-state index in [1.807, 2.05) is 38.1 Å². The summed E-state index contributed by atoms with van der Waals surface area (Å²) >= 11 is 0. The molecule has 7 heteroatoms. The fourth-order valence-electron chi connectivity index (χ4n) is 2.63. The van der Waals surface area contributed by atoms with Crippen molar-refractivity contribution in [2.24, 2.45) is 0 Å². The van der Waals surface area contributed by atoms with Gasteiger partial charge in [0.15, 0.2) is 0 Å². The largest absolute Gasteiger partial charge is 0.319 e. The first-order chi connectivity index (χ1) is 13.0. The van der Waals surface area contributed by atoms with Crippen LogP contribution in [-0.2, 0) is 0 Å². The van der Waals surface area contributed by atoms with Crippen molar-refractivity contribution in [2.45, 2.75) is 13.8 Å². The molecule has 0 radical (unpaired) electrons. The molecule has 0 aliphatic heterocycles. The number of aromatic nitrogens is 2. The van der Waals surface area contributed by atoms with Crippen molar-refractivity contribution >= 4 is 23.2 Å². The Labute approximate surface area is 155 Å². The predicted molar refractivity (Wildman–Crippen MR) is 100 cm³/mol. The molecule has 0 spiro atoms. The molecule has 0 saturated heterocycles. The summed E-state index contributed by atoms with van der Waals surface area (Å²) in [6, 6.07) is 11.1. The monoisotopic (exact) mass is 368 g/mol. The standard InChI is InChI=1S/C20H18F2N4O/c1-3-26(15-7-4-6-13(2)10-15)19(27)14-11-23-20(24-12-14)25-18-16(21)8-5-9-17(18)22/h4-12H,3H2,1-2H3,(H,23,24,25). The molecule has 1 heterocycles. The molecule has 138 valence electrons. The van der Waals surface area contributed by atoms with Crippen molar-refractivity contribution in [3.05, 3.63) is 77.6 Å². The van der Waals surface area contributed by atoms with Gasteiger partial charge in [0.2, 0.25) is 5.95 Å². The molecule has 3 rings (SSSR count). The van der Waals surface area contributed by atoms with E-state index in [0.717, 1.165) is 23.4 Å². The Kier molecular flexibility index (Phi) is 5.40. The number of hydrogen-bond acceptors (Lipinski definition) is 4. The van der Waals surface area contributed by atoms with Gasteiger partial charge in [0.25, 0.3) is 5.91 Å². The first-order valence-electron chi connectivity index (χ1n) is 8.41. The molecule has 2 aromatic carbocycles. The second-order valence-corrected chi connectivity index (χ2v) is 5.91. The van der Waals surface area contributed by atoms with Gasteiger partial charge in [-0.3, -0.25) is 4.79 Å². The minimum Gasteiger partial charge on any atom is -0.319 e. The third kappa shape index (κ3) is 4.08. The maximum absolute atomic E-state index is 13.7. The Morgan fingerprint density at radius 1 is 1.07 bits per heavy atom. The smallest absolute Gasteiger partial charge is 0.261 e. The van der Waals surface area contributed by atoms with Gasteiger partial charge in [-0.15, -0.1) is 0 Å². The SMILES string of the molecule is CCN(C(=O)c1cnc(Nc2c(F)cccc2F)nc1)c1cccc(C)c1. The zero-order chi connectivity index (χ0) is 19.4. The maximum Gasteiger partial charge on any atom is 0.261 e. The van der Waals surface area contributed by atoms with Gasteiger partial charge >= 0.3 is 0 Å². The topological polar surface area (TPSA) is 58.1 Å². The number of hydrogen-bond donors (Lipinski definition) is 1. The van der Waals surface area contributed by atoms with Crippen LogP contribution in [-0.4, -0.2) is 22.4 Å². The predicted octanol–water partition coefficient (Wildman–Crippen LogP) is 4.47. The molecule has 5 nitrogen and oxygen atoms in total. The number of nitrogens with one attached hydrogen (secondary N) is 1. The molecule has 27 heavy (non-hydrogen) atoms. The molecule has 0 aliphatic carbocycles. The van der Waals surface area contributed by atoms with Gasteiger partial charge in [-0.25, -0.2) is 18.7 Å². The number of nitrogens with zero attached hydrogens (tertiary/aromatic N) is 3. The first-order valence-corrected chi connectivity index (χ1v) is 8.41. The van der Waals surface area contributed by atoms with E-state index in [2.05, 4.69) is 15.3 Å². The van der Waals surface area contributed by atoms with Crippen LogP contribution in [0.3, 0.4) is 0 Å². The van der Waals surface area contributed by atoms with E-state index in [1.54, 1.807) is 4.90 Å². The highest BCUT2D eigenvalue weighted by molar-refractivity contribution is 6.05. The number of rotatable bonds is 5. The van der Waals surface area contributed by atoms with Crippen LogP contribution in [0.4, 0.5) is 26.1 Å². The number of aryl methyl sites for hydroxylation is 1. The molecule has 0 atom stereocenters. The van der Waals surface area contributed by atoms with Crippen LogP contribution in [0.1, 0.15) is 22.8 Å². The lowest BCUT2D eigenvalue weighted by Crippen LogP contribution is -2.30. The molecule has 0 saturated carbocycles. The van der Waals surface area contributed by atoms with Crippen molar-refractivity contribution in [3.63, 3.8) is 0 Å². The van der Waals surface area contributed by atoms with Gasteiger partial charge in [0, 0.05) is 24.6 Å². The lowest BCUT2D eigenvalue weighted by atomic mass is 10.2. The Bertz CT molecular complexity index is 940. The Balaban J connectivity index is 1.81. The Hall–Kier alpha value is -3.35. The number of carbonyl (C=O) groups is 1. The van der Waals surface area contributed by atoms with Crippen LogP contribution < -0.4 is 10.2 Å². The zero-order valence-electron chi connectivity index (χ0n) is 14.9. The molecule has 0 bridgehead atoms. The number of halogens is 2. The van der Waals surface area contributed by atoms with Gasteiger partial charge in [0.05, 0.1) is 5.56 Å². The van der Waals surface area contributed by atoms with Crippen molar-refractivity contribution in [3.8, 4) is 0 Å². The summed E-state index contributed by atoms with van der Waals surface area (Å²) in [5.74, 6) is -1.77. The molecular formula is C20H18F2N4O. The summed E-state index contributed by atoms with van der Waals surface area (Å²) in [6.45, 7) is 4.30. The highest BCUT2D eigenvalue weighted by atomic mass is 19.1. The average molecular weight is 368 g/mol. The maximum atomic E-state index is 13.7. The lowest BCUT2D eigenvalue weighted by molar-refractivity contribution is 0.0987. The summed E-state index contributed by atoms with van der Waals surface area (Å²) in [7, 11) is 0. The number of carbonyl (C=O) groups excluding carboxylic acids is 1.